The molecule has 3 aromatic rings. The molecule has 0 radical (unpaired) electrons. The van der Waals surface area contributed by atoms with E-state index in [1.54, 1.807) is 24.3 Å². The van der Waals surface area contributed by atoms with Gasteiger partial charge < -0.3 is 14.6 Å². The molecular formula is C20H18BrF3N2O2. The molecule has 4 nitrogen and oxygen atoms in total. The number of hydrogen-bond donors (Lipinski definition) is 1. The van der Waals surface area contributed by atoms with Gasteiger partial charge in [0, 0.05) is 24.5 Å². The number of nitrogens with one attached hydrogen (secondary N) is 1. The molecular weight excluding hydrogens is 437 g/mol. The first kappa shape index (κ1) is 20.4. The quantitative estimate of drug-likeness (QED) is 0.572. The molecule has 0 aliphatic carbocycles. The number of rotatable bonds is 6. The predicted molar refractivity (Wildman–Crippen MR) is 104 cm³/mol. The lowest BCUT2D eigenvalue weighted by atomic mass is 10.1. The van der Waals surface area contributed by atoms with Crippen molar-refractivity contribution in [2.75, 3.05) is 6.61 Å². The molecule has 1 N–H and O–H groups in total. The van der Waals surface area contributed by atoms with Crippen LogP contribution in [0, 0.1) is 0 Å². The van der Waals surface area contributed by atoms with E-state index in [-0.39, 0.29) is 12.5 Å². The zero-order chi connectivity index (χ0) is 20.3. The van der Waals surface area contributed by atoms with Gasteiger partial charge in [-0.1, -0.05) is 42.5 Å². The van der Waals surface area contributed by atoms with Crippen LogP contribution in [0.15, 0.2) is 53.0 Å². The summed E-state index contributed by atoms with van der Waals surface area (Å²) in [5.74, 6) is -0.219. The Morgan fingerprint density at radius 3 is 2.39 bits per heavy atom. The van der Waals surface area contributed by atoms with Crippen LogP contribution >= 0.6 is 15.9 Å². The fourth-order valence-corrected chi connectivity index (χ4v) is 3.68. The van der Waals surface area contributed by atoms with Gasteiger partial charge in [-0.2, -0.15) is 13.2 Å². The van der Waals surface area contributed by atoms with Crippen LogP contribution in [0.5, 0.6) is 0 Å². The van der Waals surface area contributed by atoms with Crippen LogP contribution in [0.4, 0.5) is 13.2 Å². The molecule has 0 unspecified atom stereocenters. The van der Waals surface area contributed by atoms with Gasteiger partial charge in [-0.25, -0.2) is 0 Å². The maximum absolute atomic E-state index is 12.6. The SMILES string of the molecule is Cn1c(C(=O)NCc2ccc(COCC(F)(F)F)cc2)c(Br)c2ccccc21. The number of amides is 1. The Kier molecular flexibility index (Phi) is 6.10. The van der Waals surface area contributed by atoms with Crippen molar-refractivity contribution < 1.29 is 22.7 Å². The molecule has 0 fully saturated rings. The number of carbonyl (C=O) groups is 1. The third kappa shape index (κ3) is 4.74. The molecule has 1 aromatic heterocycles. The first-order valence-corrected chi connectivity index (χ1v) is 9.29. The maximum Gasteiger partial charge on any atom is 0.411 e. The van der Waals surface area contributed by atoms with Crippen LogP contribution in [0.3, 0.4) is 0 Å². The molecule has 0 saturated carbocycles. The summed E-state index contributed by atoms with van der Waals surface area (Å²) in [6.45, 7) is -1.09. The minimum Gasteiger partial charge on any atom is -0.367 e. The maximum atomic E-state index is 12.6. The molecule has 0 atom stereocenters. The molecule has 1 heterocycles. The first-order chi connectivity index (χ1) is 13.3. The average molecular weight is 455 g/mol. The number of ether oxygens (including phenoxy) is 1. The summed E-state index contributed by atoms with van der Waals surface area (Å²) in [5, 5.41) is 3.83. The van der Waals surface area contributed by atoms with E-state index in [2.05, 4.69) is 26.0 Å². The molecule has 28 heavy (non-hydrogen) atoms. The fraction of sp³-hybridized carbons (Fsp3) is 0.250. The van der Waals surface area contributed by atoms with Crippen LogP contribution in [0.1, 0.15) is 21.6 Å². The summed E-state index contributed by atoms with van der Waals surface area (Å²) >= 11 is 3.50. The molecule has 3 rings (SSSR count). The average Bonchev–Trinajstić information content (AvgIpc) is 2.91. The van der Waals surface area contributed by atoms with Crippen molar-refractivity contribution in [3.8, 4) is 0 Å². The van der Waals surface area contributed by atoms with Gasteiger partial charge in [0.2, 0.25) is 0 Å². The van der Waals surface area contributed by atoms with Crippen molar-refractivity contribution in [3.05, 3.63) is 69.8 Å². The third-order valence-corrected chi connectivity index (χ3v) is 5.07. The highest BCUT2D eigenvalue weighted by atomic mass is 79.9. The highest BCUT2D eigenvalue weighted by Gasteiger charge is 2.27. The number of alkyl halides is 3. The number of benzene rings is 2. The topological polar surface area (TPSA) is 43.3 Å². The van der Waals surface area contributed by atoms with Crippen molar-refractivity contribution >= 4 is 32.7 Å². The molecule has 1 amide bonds. The standard InChI is InChI=1S/C20H18BrF3N2O2/c1-26-16-5-3-2-4-15(16)17(21)18(26)19(27)25-10-13-6-8-14(9-7-13)11-28-12-20(22,23)24/h2-9H,10-12H2,1H3,(H,25,27). The van der Waals surface area contributed by atoms with Gasteiger partial charge in [-0.3, -0.25) is 4.79 Å². The summed E-state index contributed by atoms with van der Waals surface area (Å²) in [4.78, 5) is 12.6. The second-order valence-electron chi connectivity index (χ2n) is 6.35. The Balaban J connectivity index is 1.61. The number of hydrogen-bond acceptors (Lipinski definition) is 2. The number of halogens is 4. The molecule has 0 aliphatic rings. The van der Waals surface area contributed by atoms with Gasteiger partial charge >= 0.3 is 6.18 Å². The van der Waals surface area contributed by atoms with Gasteiger partial charge in [0.15, 0.2) is 0 Å². The van der Waals surface area contributed by atoms with Crippen molar-refractivity contribution in [2.45, 2.75) is 19.3 Å². The Morgan fingerprint density at radius 1 is 1.11 bits per heavy atom. The Morgan fingerprint density at radius 2 is 1.75 bits per heavy atom. The van der Waals surface area contributed by atoms with E-state index in [9.17, 15) is 18.0 Å². The summed E-state index contributed by atoms with van der Waals surface area (Å²) in [6, 6.07) is 14.6. The lowest BCUT2D eigenvalue weighted by Gasteiger charge is -2.09. The van der Waals surface area contributed by atoms with Gasteiger partial charge in [-0.05, 0) is 33.1 Å². The molecule has 0 spiro atoms. The Bertz CT molecular complexity index is 943. The smallest absolute Gasteiger partial charge is 0.367 e. The van der Waals surface area contributed by atoms with Crippen LogP contribution in [-0.4, -0.2) is 23.3 Å². The molecule has 8 heteroatoms. The number of para-hydroxylation sites is 1. The van der Waals surface area contributed by atoms with Gasteiger partial charge in [-0.15, -0.1) is 0 Å². The number of carbonyl (C=O) groups excluding carboxylic acids is 1. The minimum atomic E-state index is -4.33. The molecule has 0 bridgehead atoms. The van der Waals surface area contributed by atoms with Gasteiger partial charge in [0.05, 0.1) is 11.1 Å². The molecule has 0 saturated heterocycles. The van der Waals surface area contributed by atoms with Crippen LogP contribution < -0.4 is 5.32 Å². The lowest BCUT2D eigenvalue weighted by Crippen LogP contribution is -2.25. The van der Waals surface area contributed by atoms with Crippen molar-refractivity contribution in [2.24, 2.45) is 7.05 Å². The molecule has 2 aromatic carbocycles. The van der Waals surface area contributed by atoms with Crippen LogP contribution in [0.2, 0.25) is 0 Å². The number of aromatic nitrogens is 1. The van der Waals surface area contributed by atoms with E-state index in [1.165, 1.54) is 0 Å². The monoisotopic (exact) mass is 454 g/mol. The van der Waals surface area contributed by atoms with Gasteiger partial charge in [0.1, 0.15) is 12.3 Å². The van der Waals surface area contributed by atoms with E-state index < -0.39 is 12.8 Å². The highest BCUT2D eigenvalue weighted by molar-refractivity contribution is 9.10. The van der Waals surface area contributed by atoms with Gasteiger partial charge in [0.25, 0.3) is 5.91 Å². The van der Waals surface area contributed by atoms with E-state index >= 15 is 0 Å². The lowest BCUT2D eigenvalue weighted by molar-refractivity contribution is -0.176. The normalized spacial score (nSPS) is 11.8. The summed E-state index contributed by atoms with van der Waals surface area (Å²) in [6.07, 6.45) is -4.33. The van der Waals surface area contributed by atoms with E-state index in [1.807, 2.05) is 35.9 Å². The third-order valence-electron chi connectivity index (χ3n) is 4.27. The summed E-state index contributed by atoms with van der Waals surface area (Å²) in [7, 11) is 1.83. The molecule has 0 aliphatic heterocycles. The van der Waals surface area contributed by atoms with Crippen LogP contribution in [-0.2, 0) is 24.9 Å². The van der Waals surface area contributed by atoms with E-state index in [0.717, 1.165) is 20.9 Å². The number of nitrogens with zero attached hydrogens (tertiary/aromatic N) is 1. The van der Waals surface area contributed by atoms with Crippen LogP contribution in [0.25, 0.3) is 10.9 Å². The number of fused-ring (bicyclic) bond motifs is 1. The Hall–Kier alpha value is -2.32. The highest BCUT2D eigenvalue weighted by Crippen LogP contribution is 2.30. The zero-order valence-electron chi connectivity index (χ0n) is 15.0. The summed E-state index contributed by atoms with van der Waals surface area (Å²) < 4.78 is 43.5. The Labute approximate surface area is 168 Å². The summed E-state index contributed by atoms with van der Waals surface area (Å²) in [5.41, 5.74) is 2.94. The minimum absolute atomic E-state index is 0.116. The van der Waals surface area contributed by atoms with E-state index in [0.29, 0.717) is 17.8 Å². The molecule has 148 valence electrons. The fourth-order valence-electron chi connectivity index (χ4n) is 2.90. The predicted octanol–water partition coefficient (Wildman–Crippen LogP) is 4.95. The zero-order valence-corrected chi connectivity index (χ0v) is 16.6. The second-order valence-corrected chi connectivity index (χ2v) is 7.14. The first-order valence-electron chi connectivity index (χ1n) is 8.49. The van der Waals surface area contributed by atoms with E-state index in [4.69, 9.17) is 0 Å². The van der Waals surface area contributed by atoms with Crippen molar-refractivity contribution in [3.63, 3.8) is 0 Å². The van der Waals surface area contributed by atoms with Crippen molar-refractivity contribution in [1.82, 2.24) is 9.88 Å². The number of aryl methyl sites for hydroxylation is 1. The second kappa shape index (κ2) is 8.36. The van der Waals surface area contributed by atoms with Crippen molar-refractivity contribution in [1.29, 1.82) is 0 Å². The largest absolute Gasteiger partial charge is 0.411 e.